The molecule has 2 aromatic heterocycles. The van der Waals surface area contributed by atoms with Gasteiger partial charge in [-0.3, -0.25) is 5.10 Å². The summed E-state index contributed by atoms with van der Waals surface area (Å²) in [5.41, 5.74) is 5.53. The lowest BCUT2D eigenvalue weighted by molar-refractivity contribution is -0.0529. The summed E-state index contributed by atoms with van der Waals surface area (Å²) < 4.78 is 21.2. The molecule has 4 nitrogen and oxygen atoms in total. The highest BCUT2D eigenvalue weighted by Gasteiger charge is 2.40. The van der Waals surface area contributed by atoms with Gasteiger partial charge in [-0.2, -0.15) is 5.10 Å². The van der Waals surface area contributed by atoms with Crippen LogP contribution in [-0.2, 0) is 10.2 Å². The van der Waals surface area contributed by atoms with E-state index in [4.69, 9.17) is 4.74 Å². The van der Waals surface area contributed by atoms with Gasteiger partial charge in [0, 0.05) is 22.2 Å². The van der Waals surface area contributed by atoms with Crippen molar-refractivity contribution < 1.29 is 9.13 Å². The third-order valence-electron chi connectivity index (χ3n) is 5.28. The molecule has 5 rings (SSSR count). The monoisotopic (exact) mass is 335 g/mol. The van der Waals surface area contributed by atoms with Gasteiger partial charge in [-0.05, 0) is 55.8 Å². The first kappa shape index (κ1) is 14.7. The number of nitrogens with zero attached hydrogens (tertiary/aromatic N) is 2. The number of hydrogen-bond donors (Lipinski definition) is 1. The number of hydrogen-bond acceptors (Lipinski definition) is 2. The number of benzene rings is 2. The molecule has 0 amide bonds. The van der Waals surface area contributed by atoms with E-state index in [1.54, 1.807) is 0 Å². The Kier molecular flexibility index (Phi) is 2.89. The van der Waals surface area contributed by atoms with Crippen LogP contribution < -0.4 is 0 Å². The minimum atomic E-state index is -0.228. The standard InChI is InChI=1S/C20H18FN3O/c1-12-16-8-17-13(9-22-23-17)7-18(16)24(15-5-3-14(21)4-6-15)19(12)20(2)10-25-11-20/h3-9H,10-11H2,1-2H3,(H,22,23). The van der Waals surface area contributed by atoms with Crippen LogP contribution >= 0.6 is 0 Å². The molecule has 1 aliphatic heterocycles. The van der Waals surface area contributed by atoms with Crippen molar-refractivity contribution in [2.24, 2.45) is 0 Å². The first-order valence-electron chi connectivity index (χ1n) is 8.39. The van der Waals surface area contributed by atoms with Gasteiger partial charge in [-0.25, -0.2) is 4.39 Å². The van der Waals surface area contributed by atoms with Gasteiger partial charge in [0.2, 0.25) is 0 Å². The smallest absolute Gasteiger partial charge is 0.123 e. The second-order valence-electron chi connectivity index (χ2n) is 7.17. The van der Waals surface area contributed by atoms with Gasteiger partial charge in [0.25, 0.3) is 0 Å². The number of H-pyrrole nitrogens is 1. The van der Waals surface area contributed by atoms with Crippen LogP contribution in [0.5, 0.6) is 0 Å². The number of aromatic amines is 1. The van der Waals surface area contributed by atoms with Crippen LogP contribution in [0.4, 0.5) is 4.39 Å². The Labute approximate surface area is 144 Å². The van der Waals surface area contributed by atoms with E-state index in [0.717, 1.165) is 22.1 Å². The summed E-state index contributed by atoms with van der Waals surface area (Å²) in [4.78, 5) is 0. The van der Waals surface area contributed by atoms with Gasteiger partial charge in [0.15, 0.2) is 0 Å². The molecule has 1 aliphatic rings. The van der Waals surface area contributed by atoms with Crippen LogP contribution in [0, 0.1) is 12.7 Å². The molecule has 0 radical (unpaired) electrons. The molecule has 0 aliphatic carbocycles. The summed E-state index contributed by atoms with van der Waals surface area (Å²) in [5, 5.41) is 9.44. The zero-order valence-corrected chi connectivity index (χ0v) is 14.1. The number of fused-ring (bicyclic) bond motifs is 2. The number of aromatic nitrogens is 3. The van der Waals surface area contributed by atoms with Crippen LogP contribution in [0.3, 0.4) is 0 Å². The molecular weight excluding hydrogens is 317 g/mol. The van der Waals surface area contributed by atoms with Gasteiger partial charge in [0.05, 0.1) is 35.9 Å². The van der Waals surface area contributed by atoms with Crippen molar-refractivity contribution in [3.05, 3.63) is 59.7 Å². The van der Waals surface area contributed by atoms with E-state index in [9.17, 15) is 4.39 Å². The van der Waals surface area contributed by atoms with E-state index >= 15 is 0 Å². The Morgan fingerprint density at radius 2 is 1.96 bits per heavy atom. The Balaban J connectivity index is 1.91. The molecule has 5 heteroatoms. The Hall–Kier alpha value is -2.66. The lowest BCUT2D eigenvalue weighted by atomic mass is 9.82. The number of halogens is 1. The van der Waals surface area contributed by atoms with E-state index in [-0.39, 0.29) is 11.2 Å². The molecule has 0 bridgehead atoms. The largest absolute Gasteiger partial charge is 0.379 e. The summed E-state index contributed by atoms with van der Waals surface area (Å²) >= 11 is 0. The van der Waals surface area contributed by atoms with Gasteiger partial charge < -0.3 is 9.30 Å². The van der Waals surface area contributed by atoms with Crippen molar-refractivity contribution in [3.8, 4) is 5.69 Å². The zero-order valence-electron chi connectivity index (χ0n) is 14.1. The predicted molar refractivity (Wildman–Crippen MR) is 95.8 cm³/mol. The maximum Gasteiger partial charge on any atom is 0.123 e. The van der Waals surface area contributed by atoms with Crippen molar-refractivity contribution in [3.63, 3.8) is 0 Å². The quantitative estimate of drug-likeness (QED) is 0.595. The van der Waals surface area contributed by atoms with E-state index in [0.29, 0.717) is 13.2 Å². The predicted octanol–water partition coefficient (Wildman–Crippen LogP) is 4.24. The van der Waals surface area contributed by atoms with Gasteiger partial charge in [-0.15, -0.1) is 0 Å². The van der Waals surface area contributed by atoms with Crippen molar-refractivity contribution in [2.75, 3.05) is 13.2 Å². The maximum atomic E-state index is 13.5. The molecule has 1 fully saturated rings. The molecule has 0 spiro atoms. The zero-order chi connectivity index (χ0) is 17.2. The highest BCUT2D eigenvalue weighted by atomic mass is 19.1. The summed E-state index contributed by atoms with van der Waals surface area (Å²) in [6.45, 7) is 5.78. The summed E-state index contributed by atoms with van der Waals surface area (Å²) in [5.74, 6) is -0.228. The van der Waals surface area contributed by atoms with Gasteiger partial charge in [0.1, 0.15) is 5.82 Å². The highest BCUT2D eigenvalue weighted by molar-refractivity contribution is 5.98. The van der Waals surface area contributed by atoms with Crippen molar-refractivity contribution in [1.82, 2.24) is 14.8 Å². The van der Waals surface area contributed by atoms with Gasteiger partial charge in [-0.1, -0.05) is 0 Å². The molecule has 3 heterocycles. The lowest BCUT2D eigenvalue weighted by Crippen LogP contribution is -2.45. The third-order valence-corrected chi connectivity index (χ3v) is 5.28. The van der Waals surface area contributed by atoms with E-state index in [1.807, 2.05) is 18.3 Å². The van der Waals surface area contributed by atoms with Crippen LogP contribution in [0.2, 0.25) is 0 Å². The molecule has 4 aromatic rings. The normalized spacial score (nSPS) is 16.4. The molecule has 25 heavy (non-hydrogen) atoms. The summed E-state index contributed by atoms with van der Waals surface area (Å²) in [7, 11) is 0. The second kappa shape index (κ2) is 4.92. The first-order valence-corrected chi connectivity index (χ1v) is 8.39. The van der Waals surface area contributed by atoms with Crippen LogP contribution in [-0.4, -0.2) is 28.0 Å². The SMILES string of the molecule is Cc1c(C2(C)COC2)n(-c2ccc(F)cc2)c2cc3cn[nH]c3cc12. The van der Waals surface area contributed by atoms with Crippen LogP contribution in [0.15, 0.2) is 42.6 Å². The Bertz CT molecular complexity index is 1100. The first-order chi connectivity index (χ1) is 12.1. The fourth-order valence-electron chi connectivity index (χ4n) is 4.01. The Morgan fingerprint density at radius 3 is 2.64 bits per heavy atom. The van der Waals surface area contributed by atoms with Crippen molar-refractivity contribution in [1.29, 1.82) is 0 Å². The molecular formula is C20H18FN3O. The average Bonchev–Trinajstić information content (AvgIpc) is 3.14. The average molecular weight is 335 g/mol. The van der Waals surface area contributed by atoms with Gasteiger partial charge >= 0.3 is 0 Å². The van der Waals surface area contributed by atoms with Crippen LogP contribution in [0.1, 0.15) is 18.2 Å². The van der Waals surface area contributed by atoms with Crippen molar-refractivity contribution in [2.45, 2.75) is 19.3 Å². The molecule has 1 N–H and O–H groups in total. The minimum absolute atomic E-state index is 0.0382. The molecule has 0 unspecified atom stereocenters. The van der Waals surface area contributed by atoms with Crippen LogP contribution in [0.25, 0.3) is 27.5 Å². The molecule has 1 saturated heterocycles. The van der Waals surface area contributed by atoms with E-state index < -0.39 is 0 Å². The van der Waals surface area contributed by atoms with E-state index in [2.05, 4.69) is 40.7 Å². The lowest BCUT2D eigenvalue weighted by Gasteiger charge is -2.39. The fourth-order valence-corrected chi connectivity index (χ4v) is 4.01. The second-order valence-corrected chi connectivity index (χ2v) is 7.17. The van der Waals surface area contributed by atoms with Crippen molar-refractivity contribution >= 4 is 21.8 Å². The highest BCUT2D eigenvalue weighted by Crippen LogP contribution is 2.41. The summed E-state index contributed by atoms with van der Waals surface area (Å²) in [6, 6.07) is 11.0. The Morgan fingerprint density at radius 1 is 1.20 bits per heavy atom. The molecule has 2 aromatic carbocycles. The maximum absolute atomic E-state index is 13.5. The topological polar surface area (TPSA) is 42.8 Å². The number of ether oxygens (including phenoxy) is 1. The summed E-state index contributed by atoms with van der Waals surface area (Å²) in [6.07, 6.45) is 1.83. The number of aryl methyl sites for hydroxylation is 1. The minimum Gasteiger partial charge on any atom is -0.379 e. The molecule has 0 saturated carbocycles. The third kappa shape index (κ3) is 1.99. The number of nitrogens with one attached hydrogen (secondary N) is 1. The van der Waals surface area contributed by atoms with E-state index in [1.165, 1.54) is 28.8 Å². The fraction of sp³-hybridized carbons (Fsp3) is 0.250. The molecule has 126 valence electrons. The molecule has 0 atom stereocenters. The number of rotatable bonds is 2.